The van der Waals surface area contributed by atoms with Crippen LogP contribution in [0.3, 0.4) is 0 Å². The number of rotatable bonds is 4. The molecule has 2 aliphatic heterocycles. The van der Waals surface area contributed by atoms with E-state index in [1.807, 2.05) is 0 Å². The zero-order chi connectivity index (χ0) is 26.5. The molecule has 1 aromatic heterocycles. The third kappa shape index (κ3) is 3.93. The van der Waals surface area contributed by atoms with Crippen LogP contribution in [-0.4, -0.2) is 63.6 Å². The minimum atomic E-state index is -1.37. The predicted molar refractivity (Wildman–Crippen MR) is 135 cm³/mol. The first-order valence-corrected chi connectivity index (χ1v) is 11.8. The molecular weight excluding hydrogens is 519 g/mol. The Labute approximate surface area is 221 Å². The number of imide groups is 1. The summed E-state index contributed by atoms with van der Waals surface area (Å²) >= 11 is 12.3. The Balaban J connectivity index is 1.64. The van der Waals surface area contributed by atoms with Crippen LogP contribution in [0.15, 0.2) is 54.9 Å². The van der Waals surface area contributed by atoms with Gasteiger partial charge in [-0.15, -0.1) is 0 Å². The Hall–Kier alpha value is -4.20. The molecular formula is C25H18Cl2N6O4. The van der Waals surface area contributed by atoms with Gasteiger partial charge in [0.15, 0.2) is 5.69 Å². The number of carboxylic acid groups (broad SMARTS) is 1. The second-order valence-corrected chi connectivity index (χ2v) is 9.64. The number of urea groups is 1. The van der Waals surface area contributed by atoms with E-state index in [0.717, 1.165) is 16.8 Å². The number of benzene rings is 2. The van der Waals surface area contributed by atoms with Crippen LogP contribution in [0.1, 0.15) is 27.5 Å². The summed E-state index contributed by atoms with van der Waals surface area (Å²) in [4.78, 5) is 51.5. The Morgan fingerprint density at radius 3 is 2.41 bits per heavy atom. The van der Waals surface area contributed by atoms with Gasteiger partial charge in [-0.1, -0.05) is 35.3 Å². The summed E-state index contributed by atoms with van der Waals surface area (Å²) in [5.74, 6) is -1.93. The van der Waals surface area contributed by atoms with Crippen molar-refractivity contribution in [3.63, 3.8) is 0 Å². The van der Waals surface area contributed by atoms with E-state index in [0.29, 0.717) is 11.4 Å². The van der Waals surface area contributed by atoms with E-state index in [1.165, 1.54) is 29.2 Å². The molecule has 3 heterocycles. The number of carbonyl (C=O) groups is 3. The van der Waals surface area contributed by atoms with Crippen LogP contribution >= 0.6 is 23.2 Å². The van der Waals surface area contributed by atoms with Crippen LogP contribution in [0.5, 0.6) is 0 Å². The quantitative estimate of drug-likeness (QED) is 0.498. The number of halogens is 2. The third-order valence-electron chi connectivity index (χ3n) is 6.80. The van der Waals surface area contributed by atoms with Crippen molar-refractivity contribution >= 4 is 52.6 Å². The van der Waals surface area contributed by atoms with Gasteiger partial charge in [0.05, 0.1) is 23.9 Å². The Morgan fingerprint density at radius 2 is 1.78 bits per heavy atom. The highest BCUT2D eigenvalue weighted by Gasteiger charge is 2.64. The van der Waals surface area contributed by atoms with Gasteiger partial charge >= 0.3 is 12.0 Å². The predicted octanol–water partition coefficient (Wildman–Crippen LogP) is 3.79. The summed E-state index contributed by atoms with van der Waals surface area (Å²) in [7, 11) is 1.55. The lowest BCUT2D eigenvalue weighted by Crippen LogP contribution is -2.53. The summed E-state index contributed by atoms with van der Waals surface area (Å²) < 4.78 is 0. The van der Waals surface area contributed by atoms with Crippen molar-refractivity contribution in [1.29, 1.82) is 5.26 Å². The topological polar surface area (TPSA) is 131 Å². The summed E-state index contributed by atoms with van der Waals surface area (Å²) in [6.07, 6.45) is 1.14. The van der Waals surface area contributed by atoms with Gasteiger partial charge in [0, 0.05) is 35.6 Å². The highest BCUT2D eigenvalue weighted by molar-refractivity contribution is 6.35. The second-order valence-electron chi connectivity index (χ2n) is 8.77. The van der Waals surface area contributed by atoms with Crippen LogP contribution in [0.4, 0.5) is 16.3 Å². The number of hydrogen-bond acceptors (Lipinski definition) is 7. The molecule has 2 fully saturated rings. The summed E-state index contributed by atoms with van der Waals surface area (Å²) in [6.45, 7) is 0.287. The molecule has 0 unspecified atom stereocenters. The molecule has 2 aromatic carbocycles. The van der Waals surface area contributed by atoms with Crippen molar-refractivity contribution in [3.8, 4) is 6.07 Å². The molecule has 3 aromatic rings. The Kier molecular flexibility index (Phi) is 5.98. The number of nitrogens with zero attached hydrogens (tertiary/aromatic N) is 6. The molecule has 5 rings (SSSR count). The number of aromatic nitrogens is 2. The maximum Gasteiger partial charge on any atom is 0.354 e. The van der Waals surface area contributed by atoms with E-state index in [2.05, 4.69) is 16.0 Å². The van der Waals surface area contributed by atoms with Gasteiger partial charge in [-0.05, 0) is 35.9 Å². The van der Waals surface area contributed by atoms with Crippen molar-refractivity contribution < 1.29 is 19.5 Å². The summed E-state index contributed by atoms with van der Waals surface area (Å²) in [5, 5.41) is 19.2. The molecule has 1 N–H and O–H groups in total. The highest BCUT2D eigenvalue weighted by atomic mass is 35.5. The van der Waals surface area contributed by atoms with Gasteiger partial charge < -0.3 is 14.9 Å². The van der Waals surface area contributed by atoms with Crippen molar-refractivity contribution in [2.45, 2.75) is 11.5 Å². The normalized spacial score (nSPS) is 21.1. The largest absolute Gasteiger partial charge is 0.477 e. The molecule has 2 aliphatic rings. The van der Waals surface area contributed by atoms with Gasteiger partial charge in [-0.2, -0.15) is 5.26 Å². The number of nitriles is 1. The number of aromatic carboxylic acids is 1. The molecule has 37 heavy (non-hydrogen) atoms. The molecule has 0 bridgehead atoms. The smallest absolute Gasteiger partial charge is 0.354 e. The highest BCUT2D eigenvalue weighted by Crippen LogP contribution is 2.47. The van der Waals surface area contributed by atoms with E-state index in [1.54, 1.807) is 36.2 Å². The lowest BCUT2D eigenvalue weighted by Gasteiger charge is -2.33. The zero-order valence-corrected chi connectivity index (χ0v) is 20.8. The lowest BCUT2D eigenvalue weighted by molar-refractivity contribution is -0.124. The minimum absolute atomic E-state index is 0.0413. The second kappa shape index (κ2) is 9.03. The molecule has 0 radical (unpaired) electrons. The molecule has 0 saturated carbocycles. The first-order valence-electron chi connectivity index (χ1n) is 11.0. The number of carbonyl (C=O) groups excluding carboxylic acids is 2. The number of likely N-dealkylation sites (N-methyl/N-ethyl adjacent to an activating group) is 1. The maximum absolute atomic E-state index is 14.2. The van der Waals surface area contributed by atoms with Gasteiger partial charge in [0.25, 0.3) is 5.91 Å². The van der Waals surface area contributed by atoms with Crippen molar-refractivity contribution in [3.05, 3.63) is 81.7 Å². The van der Waals surface area contributed by atoms with E-state index in [9.17, 15) is 24.8 Å². The van der Waals surface area contributed by atoms with Crippen LogP contribution in [0.25, 0.3) is 0 Å². The van der Waals surface area contributed by atoms with E-state index in [4.69, 9.17) is 23.2 Å². The zero-order valence-electron chi connectivity index (χ0n) is 19.3. The fraction of sp³-hybridized carbons (Fsp3) is 0.200. The van der Waals surface area contributed by atoms with Gasteiger partial charge in [-0.25, -0.2) is 24.5 Å². The molecule has 12 heteroatoms. The monoisotopic (exact) mass is 536 g/mol. The summed E-state index contributed by atoms with van der Waals surface area (Å²) in [6, 6.07) is 14.1. The van der Waals surface area contributed by atoms with E-state index in [-0.39, 0.29) is 34.5 Å². The number of anilines is 2. The fourth-order valence-corrected chi connectivity index (χ4v) is 5.53. The number of amides is 3. The van der Waals surface area contributed by atoms with Crippen molar-refractivity contribution in [1.82, 2.24) is 14.9 Å². The molecule has 2 atom stereocenters. The molecule has 1 spiro atoms. The summed E-state index contributed by atoms with van der Waals surface area (Å²) in [5.41, 5.74) is -0.143. The molecule has 2 saturated heterocycles. The maximum atomic E-state index is 14.2. The van der Waals surface area contributed by atoms with Crippen LogP contribution in [0.2, 0.25) is 10.0 Å². The average molecular weight is 537 g/mol. The van der Waals surface area contributed by atoms with Crippen LogP contribution < -0.4 is 9.80 Å². The lowest BCUT2D eigenvalue weighted by atomic mass is 9.80. The van der Waals surface area contributed by atoms with Crippen LogP contribution in [0, 0.1) is 11.3 Å². The fourth-order valence-electron chi connectivity index (χ4n) is 5.02. The molecule has 0 aliphatic carbocycles. The first kappa shape index (κ1) is 24.5. The number of carboxylic acids is 1. The third-order valence-corrected chi connectivity index (χ3v) is 7.24. The molecule has 3 amide bonds. The Bertz CT molecular complexity index is 1470. The molecule has 10 nitrogen and oxygen atoms in total. The van der Waals surface area contributed by atoms with E-state index < -0.39 is 29.4 Å². The van der Waals surface area contributed by atoms with Gasteiger partial charge in [0.2, 0.25) is 0 Å². The standard InChI is InChI=1S/C25H18Cl2N6O4/c1-31-24(37)33(18-7-16(26)6-17(27)8-18)23(36)25(31)12-32(21-9-20(22(34)35)29-13-30-21)11-19(25)15-4-2-14(10-28)3-5-15/h2-9,13,19H,11-12H2,1H3,(H,34,35)/t19-,25+/m0/s1. The average Bonchev–Trinajstić information content (AvgIpc) is 3.37. The van der Waals surface area contributed by atoms with Gasteiger partial charge in [0.1, 0.15) is 17.7 Å². The van der Waals surface area contributed by atoms with Gasteiger partial charge in [-0.3, -0.25) is 4.79 Å². The Morgan fingerprint density at radius 1 is 1.11 bits per heavy atom. The van der Waals surface area contributed by atoms with Crippen LogP contribution in [-0.2, 0) is 4.79 Å². The SMILES string of the molecule is CN1C(=O)N(c2cc(Cl)cc(Cl)c2)C(=O)[C@]12CN(c1cc(C(=O)O)ncn1)C[C@H]2c1ccc(C#N)cc1. The van der Waals surface area contributed by atoms with Crippen molar-refractivity contribution in [2.75, 3.05) is 29.9 Å². The minimum Gasteiger partial charge on any atom is -0.477 e. The number of hydrogen-bond donors (Lipinski definition) is 1. The molecule has 186 valence electrons. The first-order chi connectivity index (χ1) is 17.6. The van der Waals surface area contributed by atoms with E-state index >= 15 is 0 Å². The van der Waals surface area contributed by atoms with Crippen molar-refractivity contribution in [2.24, 2.45) is 0 Å².